The van der Waals surface area contributed by atoms with Crippen molar-refractivity contribution in [2.24, 2.45) is 5.73 Å². The minimum absolute atomic E-state index is 0.0485. The Hall–Kier alpha value is -1.55. The first-order valence-corrected chi connectivity index (χ1v) is 9.94. The van der Waals surface area contributed by atoms with Crippen LogP contribution in [0.1, 0.15) is 63.9 Å². The number of amides is 1. The zero-order valence-corrected chi connectivity index (χ0v) is 15.5. The molecule has 0 aromatic heterocycles. The maximum absolute atomic E-state index is 12.7. The van der Waals surface area contributed by atoms with E-state index < -0.39 is 0 Å². The summed E-state index contributed by atoms with van der Waals surface area (Å²) in [5.41, 5.74) is 7.27. The maximum Gasteiger partial charge on any atom is 0.223 e. The summed E-state index contributed by atoms with van der Waals surface area (Å²) in [5, 5.41) is 0. The highest BCUT2D eigenvalue weighted by molar-refractivity contribution is 5.77. The van der Waals surface area contributed by atoms with E-state index in [4.69, 9.17) is 10.5 Å². The van der Waals surface area contributed by atoms with Crippen LogP contribution in [0.3, 0.4) is 0 Å². The molecule has 1 aromatic carbocycles. The van der Waals surface area contributed by atoms with Crippen molar-refractivity contribution >= 4 is 5.91 Å². The summed E-state index contributed by atoms with van der Waals surface area (Å²) >= 11 is 0. The van der Waals surface area contributed by atoms with E-state index in [2.05, 4.69) is 12.1 Å². The molecule has 1 heterocycles. The van der Waals surface area contributed by atoms with Gasteiger partial charge < -0.3 is 15.4 Å². The lowest BCUT2D eigenvalue weighted by molar-refractivity contribution is -0.135. The fraction of sp³-hybridized carbons (Fsp3) is 0.667. The van der Waals surface area contributed by atoms with E-state index in [1.165, 1.54) is 24.8 Å². The fourth-order valence-electron chi connectivity index (χ4n) is 4.18. The number of ether oxygens (including phenoxy) is 1. The second kappa shape index (κ2) is 8.70. The summed E-state index contributed by atoms with van der Waals surface area (Å²) in [6, 6.07) is 8.51. The minimum Gasteiger partial charge on any atom is -0.490 e. The van der Waals surface area contributed by atoms with Crippen LogP contribution in [0.5, 0.6) is 5.75 Å². The van der Waals surface area contributed by atoms with Crippen LogP contribution in [0, 0.1) is 0 Å². The Kier molecular flexibility index (Phi) is 6.35. The van der Waals surface area contributed by atoms with Crippen LogP contribution in [0.15, 0.2) is 24.3 Å². The summed E-state index contributed by atoms with van der Waals surface area (Å²) < 4.78 is 6.08. The highest BCUT2D eigenvalue weighted by atomic mass is 16.5. The molecule has 1 aromatic rings. The van der Waals surface area contributed by atoms with E-state index in [1.54, 1.807) is 0 Å². The Morgan fingerprint density at radius 1 is 1.24 bits per heavy atom. The molecule has 0 spiro atoms. The van der Waals surface area contributed by atoms with Crippen molar-refractivity contribution in [3.8, 4) is 5.75 Å². The van der Waals surface area contributed by atoms with E-state index in [1.807, 2.05) is 24.0 Å². The molecule has 1 aliphatic heterocycles. The quantitative estimate of drug-likeness (QED) is 0.856. The van der Waals surface area contributed by atoms with Crippen molar-refractivity contribution in [3.63, 3.8) is 0 Å². The predicted octanol–water partition coefficient (Wildman–Crippen LogP) is 3.67. The van der Waals surface area contributed by atoms with Crippen LogP contribution in [0.4, 0.5) is 0 Å². The average Bonchev–Trinajstić information content (AvgIpc) is 3.13. The van der Waals surface area contributed by atoms with E-state index in [-0.39, 0.29) is 18.0 Å². The van der Waals surface area contributed by atoms with Crippen LogP contribution in [-0.4, -0.2) is 35.5 Å². The Labute approximate surface area is 151 Å². The molecule has 1 aliphatic carbocycles. The van der Waals surface area contributed by atoms with Gasteiger partial charge in [-0.3, -0.25) is 4.79 Å². The normalized spacial score (nSPS) is 22.8. The number of carbonyl (C=O) groups excluding carboxylic acids is 1. The lowest BCUT2D eigenvalue weighted by Gasteiger charge is -2.38. The van der Waals surface area contributed by atoms with Gasteiger partial charge in [-0.15, -0.1) is 0 Å². The van der Waals surface area contributed by atoms with Gasteiger partial charge in [-0.2, -0.15) is 0 Å². The van der Waals surface area contributed by atoms with Gasteiger partial charge in [0.15, 0.2) is 0 Å². The van der Waals surface area contributed by atoms with Crippen molar-refractivity contribution in [3.05, 3.63) is 29.8 Å². The number of benzene rings is 1. The van der Waals surface area contributed by atoms with Crippen molar-refractivity contribution in [2.75, 3.05) is 6.54 Å². The molecule has 2 unspecified atom stereocenters. The Morgan fingerprint density at radius 2 is 2.00 bits per heavy atom. The maximum atomic E-state index is 12.7. The third-order valence-electron chi connectivity index (χ3n) is 5.61. The first-order valence-electron chi connectivity index (χ1n) is 9.94. The largest absolute Gasteiger partial charge is 0.490 e. The number of carbonyl (C=O) groups is 1. The highest BCUT2D eigenvalue weighted by Crippen LogP contribution is 2.25. The van der Waals surface area contributed by atoms with Crippen LogP contribution < -0.4 is 10.5 Å². The Morgan fingerprint density at radius 3 is 2.76 bits per heavy atom. The van der Waals surface area contributed by atoms with E-state index in [0.29, 0.717) is 12.5 Å². The van der Waals surface area contributed by atoms with Crippen LogP contribution in [-0.2, 0) is 11.2 Å². The van der Waals surface area contributed by atoms with Gasteiger partial charge >= 0.3 is 0 Å². The number of nitrogens with zero attached hydrogens (tertiary/aromatic N) is 1. The number of rotatable bonds is 6. The van der Waals surface area contributed by atoms with Gasteiger partial charge in [0.05, 0.1) is 6.10 Å². The van der Waals surface area contributed by atoms with Gasteiger partial charge in [0.25, 0.3) is 0 Å². The number of likely N-dealkylation sites (tertiary alicyclic amines) is 1. The van der Waals surface area contributed by atoms with Gasteiger partial charge in [0, 0.05) is 25.0 Å². The number of hydrogen-bond donors (Lipinski definition) is 1. The zero-order chi connectivity index (χ0) is 17.6. The Balaban J connectivity index is 1.54. The monoisotopic (exact) mass is 344 g/mol. The smallest absolute Gasteiger partial charge is 0.223 e. The summed E-state index contributed by atoms with van der Waals surface area (Å²) in [7, 11) is 0. The molecular weight excluding hydrogens is 312 g/mol. The molecule has 0 radical (unpaired) electrons. The molecule has 4 heteroatoms. The molecule has 2 aliphatic rings. The molecule has 1 saturated carbocycles. The molecule has 0 bridgehead atoms. The zero-order valence-electron chi connectivity index (χ0n) is 15.5. The topological polar surface area (TPSA) is 55.6 Å². The molecule has 4 nitrogen and oxygen atoms in total. The molecule has 2 atom stereocenters. The molecule has 2 N–H and O–H groups in total. The van der Waals surface area contributed by atoms with Crippen molar-refractivity contribution in [1.82, 2.24) is 4.90 Å². The lowest BCUT2D eigenvalue weighted by Crippen LogP contribution is -2.51. The SMILES string of the molecule is CC(N)C1CCCCN1C(=O)CCc1cccc(OC2CCCC2)c1. The molecule has 3 rings (SSSR count). The molecule has 2 fully saturated rings. The molecule has 1 amide bonds. The van der Waals surface area contributed by atoms with Gasteiger partial charge in [-0.25, -0.2) is 0 Å². The number of piperidine rings is 1. The van der Waals surface area contributed by atoms with E-state index in [9.17, 15) is 4.79 Å². The van der Waals surface area contributed by atoms with Crippen LogP contribution >= 0.6 is 0 Å². The van der Waals surface area contributed by atoms with Crippen LogP contribution in [0.25, 0.3) is 0 Å². The summed E-state index contributed by atoms with van der Waals surface area (Å²) in [6.45, 7) is 2.87. The van der Waals surface area contributed by atoms with Gasteiger partial charge in [-0.1, -0.05) is 12.1 Å². The second-order valence-corrected chi connectivity index (χ2v) is 7.68. The Bertz CT molecular complexity index is 567. The number of aryl methyl sites for hydroxylation is 1. The predicted molar refractivity (Wildman–Crippen MR) is 101 cm³/mol. The van der Waals surface area contributed by atoms with Gasteiger partial charge in [0.1, 0.15) is 5.75 Å². The third kappa shape index (κ3) is 4.97. The summed E-state index contributed by atoms with van der Waals surface area (Å²) in [6.07, 6.45) is 9.87. The fourth-order valence-corrected chi connectivity index (χ4v) is 4.18. The minimum atomic E-state index is 0.0485. The number of hydrogen-bond acceptors (Lipinski definition) is 3. The van der Waals surface area contributed by atoms with Gasteiger partial charge in [-0.05, 0) is 76.0 Å². The van der Waals surface area contributed by atoms with Crippen molar-refractivity contribution < 1.29 is 9.53 Å². The molecule has 25 heavy (non-hydrogen) atoms. The standard InChI is InChI=1S/C21H32N2O2/c1-16(22)20-11-4-5-14-23(20)21(24)13-12-17-7-6-10-19(15-17)25-18-8-2-3-9-18/h6-7,10,15-16,18,20H,2-5,8-9,11-14,22H2,1H3. The summed E-state index contributed by atoms with van der Waals surface area (Å²) in [5.74, 6) is 1.19. The van der Waals surface area contributed by atoms with Crippen LogP contribution in [0.2, 0.25) is 0 Å². The van der Waals surface area contributed by atoms with Crippen molar-refractivity contribution in [1.29, 1.82) is 0 Å². The molecule has 1 saturated heterocycles. The summed E-state index contributed by atoms with van der Waals surface area (Å²) in [4.78, 5) is 14.7. The molecular formula is C21H32N2O2. The highest BCUT2D eigenvalue weighted by Gasteiger charge is 2.28. The first kappa shape index (κ1) is 18.2. The van der Waals surface area contributed by atoms with E-state index >= 15 is 0 Å². The van der Waals surface area contributed by atoms with Crippen molar-refractivity contribution in [2.45, 2.75) is 82.9 Å². The number of nitrogens with two attached hydrogens (primary N) is 1. The van der Waals surface area contributed by atoms with Gasteiger partial charge in [0.2, 0.25) is 5.91 Å². The average molecular weight is 344 g/mol. The molecule has 138 valence electrons. The first-order chi connectivity index (χ1) is 12.1. The third-order valence-corrected chi connectivity index (χ3v) is 5.61. The second-order valence-electron chi connectivity index (χ2n) is 7.68. The lowest BCUT2D eigenvalue weighted by atomic mass is 9.96. The van der Waals surface area contributed by atoms with E-state index in [0.717, 1.165) is 44.4 Å².